The molecule has 2 fully saturated rings. The molecule has 7 nitrogen and oxygen atoms in total. The van der Waals surface area contributed by atoms with E-state index < -0.39 is 0 Å². The lowest BCUT2D eigenvalue weighted by Gasteiger charge is -2.34. The Morgan fingerprint density at radius 2 is 1.86 bits per heavy atom. The predicted molar refractivity (Wildman–Crippen MR) is 120 cm³/mol. The van der Waals surface area contributed by atoms with Gasteiger partial charge in [-0.15, -0.1) is 11.3 Å². The summed E-state index contributed by atoms with van der Waals surface area (Å²) in [5.74, 6) is 1.44. The summed E-state index contributed by atoms with van der Waals surface area (Å²) >= 11 is 1.83. The molecule has 3 heterocycles. The van der Waals surface area contributed by atoms with Crippen LogP contribution in [0.5, 0.6) is 0 Å². The Morgan fingerprint density at radius 3 is 2.52 bits per heavy atom. The third-order valence-corrected chi connectivity index (χ3v) is 6.37. The van der Waals surface area contributed by atoms with Crippen LogP contribution < -0.4 is 10.6 Å². The van der Waals surface area contributed by atoms with Crippen molar-refractivity contribution < 1.29 is 9.47 Å². The third-order valence-electron chi connectivity index (χ3n) is 5.40. The van der Waals surface area contributed by atoms with Gasteiger partial charge in [0.05, 0.1) is 32.5 Å². The lowest BCUT2D eigenvalue weighted by Crippen LogP contribution is -2.46. The molecule has 0 spiro atoms. The maximum atomic E-state index is 5.55. The molecule has 0 amide bonds. The standard InChI is InChI=1S/C21H37N5O2S/c1-3-22-21(23-15-18(2)17-25-6-10-27-11-7-25)24-16-19(20-5-4-14-29-20)26-8-12-28-13-9-26/h4-5,14,18-19H,3,6-13,15-17H2,1-2H3,(H2,22,23,24). The molecule has 0 saturated carbocycles. The van der Waals surface area contributed by atoms with Gasteiger partial charge < -0.3 is 20.1 Å². The topological polar surface area (TPSA) is 61.4 Å². The normalized spacial score (nSPS) is 21.7. The zero-order valence-corrected chi connectivity index (χ0v) is 18.8. The second-order valence-corrected chi connectivity index (χ2v) is 8.78. The molecule has 0 bridgehead atoms. The number of thiophene rings is 1. The van der Waals surface area contributed by atoms with Gasteiger partial charge in [0.2, 0.25) is 0 Å². The molecule has 2 N–H and O–H groups in total. The Morgan fingerprint density at radius 1 is 1.14 bits per heavy atom. The molecule has 0 radical (unpaired) electrons. The number of guanidine groups is 1. The van der Waals surface area contributed by atoms with Crippen molar-refractivity contribution in [2.24, 2.45) is 10.9 Å². The van der Waals surface area contributed by atoms with E-state index in [0.29, 0.717) is 12.0 Å². The first-order valence-electron chi connectivity index (χ1n) is 10.9. The Bertz CT molecular complexity index is 586. The summed E-state index contributed by atoms with van der Waals surface area (Å²) in [5, 5.41) is 9.17. The molecule has 1 aromatic heterocycles. The highest BCUT2D eigenvalue weighted by atomic mass is 32.1. The molecule has 2 atom stereocenters. The largest absolute Gasteiger partial charge is 0.379 e. The summed E-state index contributed by atoms with van der Waals surface area (Å²) in [6, 6.07) is 4.73. The van der Waals surface area contributed by atoms with Gasteiger partial charge >= 0.3 is 0 Å². The van der Waals surface area contributed by atoms with Crippen molar-refractivity contribution in [1.82, 2.24) is 20.4 Å². The van der Waals surface area contributed by atoms with Crippen LogP contribution in [-0.4, -0.2) is 94.5 Å². The van der Waals surface area contributed by atoms with E-state index >= 15 is 0 Å². The van der Waals surface area contributed by atoms with E-state index in [-0.39, 0.29) is 0 Å². The first-order valence-corrected chi connectivity index (χ1v) is 11.8. The van der Waals surface area contributed by atoms with Crippen LogP contribution in [0.1, 0.15) is 24.8 Å². The second kappa shape index (κ2) is 12.5. The van der Waals surface area contributed by atoms with Gasteiger partial charge in [-0.1, -0.05) is 13.0 Å². The van der Waals surface area contributed by atoms with Crippen molar-refractivity contribution in [3.05, 3.63) is 22.4 Å². The maximum Gasteiger partial charge on any atom is 0.191 e. The van der Waals surface area contributed by atoms with Crippen molar-refractivity contribution >= 4 is 17.3 Å². The van der Waals surface area contributed by atoms with Gasteiger partial charge in [0.15, 0.2) is 5.96 Å². The molecule has 2 saturated heterocycles. The Balaban J connectivity index is 1.53. The van der Waals surface area contributed by atoms with Crippen molar-refractivity contribution in [3.8, 4) is 0 Å². The first-order chi connectivity index (χ1) is 14.3. The van der Waals surface area contributed by atoms with Gasteiger partial charge in [-0.05, 0) is 24.3 Å². The van der Waals surface area contributed by atoms with E-state index in [1.807, 2.05) is 11.3 Å². The zero-order chi connectivity index (χ0) is 20.3. The molecular weight excluding hydrogens is 386 g/mol. The van der Waals surface area contributed by atoms with E-state index in [2.05, 4.69) is 51.8 Å². The van der Waals surface area contributed by atoms with E-state index in [1.165, 1.54) is 4.88 Å². The minimum absolute atomic E-state index is 0.355. The first kappa shape index (κ1) is 22.5. The van der Waals surface area contributed by atoms with E-state index in [1.54, 1.807) is 0 Å². The molecule has 164 valence electrons. The summed E-state index contributed by atoms with van der Waals surface area (Å²) < 4.78 is 11.0. The van der Waals surface area contributed by atoms with Crippen molar-refractivity contribution in [2.45, 2.75) is 19.9 Å². The van der Waals surface area contributed by atoms with Gasteiger partial charge in [-0.25, -0.2) is 0 Å². The smallest absolute Gasteiger partial charge is 0.191 e. The van der Waals surface area contributed by atoms with Crippen LogP contribution in [0.25, 0.3) is 0 Å². The third kappa shape index (κ3) is 7.53. The van der Waals surface area contributed by atoms with Crippen LogP contribution in [0, 0.1) is 5.92 Å². The monoisotopic (exact) mass is 423 g/mol. The molecule has 1 aromatic rings. The molecule has 3 rings (SSSR count). The summed E-state index contributed by atoms with van der Waals surface area (Å²) in [5.41, 5.74) is 0. The van der Waals surface area contributed by atoms with E-state index in [4.69, 9.17) is 14.5 Å². The van der Waals surface area contributed by atoms with Gasteiger partial charge in [0.25, 0.3) is 0 Å². The number of nitrogens with zero attached hydrogens (tertiary/aromatic N) is 3. The predicted octanol–water partition coefficient (Wildman–Crippen LogP) is 1.64. The quantitative estimate of drug-likeness (QED) is 0.465. The van der Waals surface area contributed by atoms with E-state index in [9.17, 15) is 0 Å². The average molecular weight is 424 g/mol. The highest BCUT2D eigenvalue weighted by molar-refractivity contribution is 7.10. The Kier molecular flexibility index (Phi) is 9.69. The van der Waals surface area contributed by atoms with Crippen molar-refractivity contribution in [2.75, 3.05) is 78.8 Å². The number of nitrogens with one attached hydrogen (secondary N) is 2. The Labute approximate surface area is 179 Å². The number of hydrogen-bond donors (Lipinski definition) is 2. The highest BCUT2D eigenvalue weighted by Gasteiger charge is 2.23. The molecule has 0 aliphatic carbocycles. The fourth-order valence-corrected chi connectivity index (χ4v) is 4.71. The van der Waals surface area contributed by atoms with Gasteiger partial charge in [0.1, 0.15) is 0 Å². The van der Waals surface area contributed by atoms with Crippen LogP contribution in [0.4, 0.5) is 0 Å². The minimum atomic E-state index is 0.355. The van der Waals surface area contributed by atoms with Gasteiger partial charge in [-0.2, -0.15) is 0 Å². The summed E-state index contributed by atoms with van der Waals surface area (Å²) in [7, 11) is 0. The van der Waals surface area contributed by atoms with E-state index in [0.717, 1.165) is 84.7 Å². The van der Waals surface area contributed by atoms with Crippen molar-refractivity contribution in [3.63, 3.8) is 0 Å². The lowest BCUT2D eigenvalue weighted by atomic mass is 10.1. The number of aliphatic imine (C=N–C) groups is 1. The van der Waals surface area contributed by atoms with Crippen LogP contribution in [-0.2, 0) is 9.47 Å². The number of rotatable bonds is 9. The number of morpholine rings is 2. The minimum Gasteiger partial charge on any atom is -0.379 e. The molecule has 2 aliphatic rings. The van der Waals surface area contributed by atoms with Crippen LogP contribution in [0.15, 0.2) is 22.5 Å². The zero-order valence-electron chi connectivity index (χ0n) is 17.9. The number of hydrogen-bond acceptors (Lipinski definition) is 6. The Hall–Kier alpha value is -1.19. The van der Waals surface area contributed by atoms with Crippen LogP contribution in [0.3, 0.4) is 0 Å². The van der Waals surface area contributed by atoms with Crippen molar-refractivity contribution in [1.29, 1.82) is 0 Å². The van der Waals surface area contributed by atoms with Crippen LogP contribution in [0.2, 0.25) is 0 Å². The molecule has 2 unspecified atom stereocenters. The van der Waals surface area contributed by atoms with Gasteiger partial charge in [-0.3, -0.25) is 14.8 Å². The molecule has 2 aliphatic heterocycles. The summed E-state index contributed by atoms with van der Waals surface area (Å²) in [6.45, 7) is 15.4. The molecule has 29 heavy (non-hydrogen) atoms. The SMILES string of the molecule is CCNC(=NCC(C)CN1CCOCC1)NCC(c1cccs1)N1CCOCC1. The summed E-state index contributed by atoms with van der Waals surface area (Å²) in [6.07, 6.45) is 0. The second-order valence-electron chi connectivity index (χ2n) is 7.80. The lowest BCUT2D eigenvalue weighted by molar-refractivity contribution is 0.0177. The molecular formula is C21H37N5O2S. The maximum absolute atomic E-state index is 5.55. The fourth-order valence-electron chi connectivity index (χ4n) is 3.84. The molecule has 0 aromatic carbocycles. The van der Waals surface area contributed by atoms with Crippen LogP contribution >= 0.6 is 11.3 Å². The number of ether oxygens (including phenoxy) is 2. The average Bonchev–Trinajstić information content (AvgIpc) is 3.28. The van der Waals surface area contributed by atoms with Gasteiger partial charge in [0, 0.05) is 57.2 Å². The summed E-state index contributed by atoms with van der Waals surface area (Å²) in [4.78, 5) is 11.3. The fraction of sp³-hybridized carbons (Fsp3) is 0.762. The highest BCUT2D eigenvalue weighted by Crippen LogP contribution is 2.25. The molecule has 8 heteroatoms.